The first-order valence-corrected chi connectivity index (χ1v) is 13.4. The van der Waals surface area contributed by atoms with E-state index >= 15 is 0 Å². The number of rotatable bonds is 8. The van der Waals surface area contributed by atoms with E-state index in [0.29, 0.717) is 18.4 Å². The van der Waals surface area contributed by atoms with Crippen molar-refractivity contribution in [3.8, 4) is 0 Å². The summed E-state index contributed by atoms with van der Waals surface area (Å²) in [6, 6.07) is 12.5. The van der Waals surface area contributed by atoms with Crippen LogP contribution in [-0.2, 0) is 19.6 Å². The Bertz CT molecular complexity index is 1330. The minimum atomic E-state index is -3.97. The van der Waals surface area contributed by atoms with Gasteiger partial charge in [-0.1, -0.05) is 38.1 Å². The number of carbonyl (C=O) groups is 3. The fourth-order valence-electron chi connectivity index (χ4n) is 4.42. The van der Waals surface area contributed by atoms with Crippen LogP contribution in [0.2, 0.25) is 0 Å². The molecule has 2 atom stereocenters. The van der Waals surface area contributed by atoms with Gasteiger partial charge in [-0.25, -0.2) is 13.4 Å². The summed E-state index contributed by atoms with van der Waals surface area (Å²) in [4.78, 5) is 43.5. The van der Waals surface area contributed by atoms with Crippen LogP contribution in [0.5, 0.6) is 0 Å². The van der Waals surface area contributed by atoms with Gasteiger partial charge in [-0.15, -0.1) is 0 Å². The first-order chi connectivity index (χ1) is 17.2. The summed E-state index contributed by atoms with van der Waals surface area (Å²) in [6.07, 6.45) is 2.26. The lowest BCUT2D eigenvalue weighted by Crippen LogP contribution is -2.47. The molecule has 2 aromatic heterocycles. The Morgan fingerprint density at radius 2 is 1.92 bits per heavy atom. The standard InChI is InChI=1S/C26H29N3O6S/c1-17(2)14-20(28-26(32)23-15-18-8-3-4-10-22(18)35-23)25(31)19-9-7-13-29(16-21(19)30)36(33,34)24-11-5-6-12-27-24/h3-6,8,10-12,15,17,19-20H,7,9,13-14,16H2,1-2H3,(H,28,32)/t19?,20-/m0/s1. The van der Waals surface area contributed by atoms with Gasteiger partial charge in [0.1, 0.15) is 5.58 Å². The van der Waals surface area contributed by atoms with Crippen LogP contribution in [0.1, 0.15) is 43.7 Å². The molecule has 0 spiro atoms. The summed E-state index contributed by atoms with van der Waals surface area (Å²) in [7, 11) is -3.97. The van der Waals surface area contributed by atoms with Gasteiger partial charge in [-0.3, -0.25) is 14.4 Å². The maximum absolute atomic E-state index is 13.5. The SMILES string of the molecule is CC(C)C[C@H](NC(=O)c1cc2ccccc2o1)C(=O)C1CCCN(S(=O)(=O)c2ccccn2)CC1=O. The number of amides is 1. The van der Waals surface area contributed by atoms with Crippen LogP contribution >= 0.6 is 0 Å². The third-order valence-electron chi connectivity index (χ3n) is 6.21. The Balaban J connectivity index is 1.51. The van der Waals surface area contributed by atoms with Crippen molar-refractivity contribution < 1.29 is 27.2 Å². The van der Waals surface area contributed by atoms with Gasteiger partial charge in [0.25, 0.3) is 15.9 Å². The summed E-state index contributed by atoms with van der Waals surface area (Å²) in [5, 5.41) is 3.38. The van der Waals surface area contributed by atoms with Gasteiger partial charge >= 0.3 is 0 Å². The third kappa shape index (κ3) is 5.55. The number of Topliss-reactive ketones (excluding diaryl/α,β-unsaturated/α-hetero) is 2. The van der Waals surface area contributed by atoms with Crippen molar-refractivity contribution in [2.45, 2.75) is 44.2 Å². The number of nitrogens with zero attached hydrogens (tertiary/aromatic N) is 2. The second kappa shape index (κ2) is 10.7. The zero-order chi connectivity index (χ0) is 25.9. The lowest BCUT2D eigenvalue weighted by molar-refractivity contribution is -0.134. The summed E-state index contributed by atoms with van der Waals surface area (Å²) < 4.78 is 32.7. The van der Waals surface area contributed by atoms with Gasteiger partial charge < -0.3 is 9.73 Å². The van der Waals surface area contributed by atoms with Crippen molar-refractivity contribution in [1.82, 2.24) is 14.6 Å². The highest BCUT2D eigenvalue weighted by Crippen LogP contribution is 2.24. The van der Waals surface area contributed by atoms with E-state index in [2.05, 4.69) is 10.3 Å². The largest absolute Gasteiger partial charge is 0.451 e. The number of furan rings is 1. The van der Waals surface area contributed by atoms with E-state index in [1.54, 1.807) is 30.3 Å². The van der Waals surface area contributed by atoms with Crippen molar-refractivity contribution in [3.63, 3.8) is 0 Å². The van der Waals surface area contributed by atoms with Crippen LogP contribution in [-0.4, -0.2) is 54.3 Å². The number of carbonyl (C=O) groups excluding carboxylic acids is 3. The van der Waals surface area contributed by atoms with Crippen molar-refractivity contribution >= 4 is 38.5 Å². The minimum Gasteiger partial charge on any atom is -0.451 e. The van der Waals surface area contributed by atoms with Crippen molar-refractivity contribution in [2.24, 2.45) is 11.8 Å². The molecular weight excluding hydrogens is 482 g/mol. The average molecular weight is 512 g/mol. The molecule has 36 heavy (non-hydrogen) atoms. The number of fused-ring (bicyclic) bond motifs is 1. The molecule has 1 amide bonds. The van der Waals surface area contributed by atoms with Crippen LogP contribution < -0.4 is 5.32 Å². The molecule has 1 fully saturated rings. The number of hydrogen-bond donors (Lipinski definition) is 1. The number of sulfonamides is 1. The van der Waals surface area contributed by atoms with E-state index in [-0.39, 0.29) is 29.7 Å². The van der Waals surface area contributed by atoms with E-state index in [9.17, 15) is 22.8 Å². The molecule has 0 aliphatic carbocycles. The molecular formula is C26H29N3O6S. The highest BCUT2D eigenvalue weighted by Gasteiger charge is 2.39. The molecule has 190 valence electrons. The predicted octanol–water partition coefficient (Wildman–Crippen LogP) is 3.21. The molecule has 4 rings (SSSR count). The van der Waals surface area contributed by atoms with E-state index in [0.717, 1.165) is 9.69 Å². The lowest BCUT2D eigenvalue weighted by Gasteiger charge is -2.23. The minimum absolute atomic E-state index is 0.0665. The fourth-order valence-corrected chi connectivity index (χ4v) is 5.79. The maximum Gasteiger partial charge on any atom is 0.287 e. The van der Waals surface area contributed by atoms with E-state index in [1.165, 1.54) is 12.3 Å². The van der Waals surface area contributed by atoms with Gasteiger partial charge in [0, 0.05) is 18.1 Å². The molecule has 1 unspecified atom stereocenters. The van der Waals surface area contributed by atoms with Crippen molar-refractivity contribution in [1.29, 1.82) is 0 Å². The number of aromatic nitrogens is 1. The van der Waals surface area contributed by atoms with Crippen molar-refractivity contribution in [2.75, 3.05) is 13.1 Å². The molecule has 0 radical (unpaired) electrons. The quantitative estimate of drug-likeness (QED) is 0.460. The molecule has 1 aliphatic heterocycles. The number of hydrogen-bond acceptors (Lipinski definition) is 7. The Kier molecular flexibility index (Phi) is 7.65. The highest BCUT2D eigenvalue weighted by molar-refractivity contribution is 7.89. The Morgan fingerprint density at radius 3 is 2.61 bits per heavy atom. The van der Waals surface area contributed by atoms with Crippen molar-refractivity contribution in [3.05, 3.63) is 60.5 Å². The normalized spacial score (nSPS) is 18.2. The Hall–Kier alpha value is -3.37. The Morgan fingerprint density at radius 1 is 1.17 bits per heavy atom. The molecule has 1 saturated heterocycles. The average Bonchev–Trinajstić information content (AvgIpc) is 3.19. The first kappa shape index (κ1) is 25.7. The van der Waals surface area contributed by atoms with Crippen LogP contribution in [0.15, 0.2) is 64.2 Å². The van der Waals surface area contributed by atoms with Gasteiger partial charge in [0.05, 0.1) is 18.5 Å². The molecule has 1 aliphatic rings. The summed E-state index contributed by atoms with van der Waals surface area (Å²) in [6.45, 7) is 3.53. The van der Waals surface area contributed by atoms with E-state index in [1.807, 2.05) is 26.0 Å². The molecule has 3 aromatic rings. The second-order valence-corrected chi connectivity index (χ2v) is 11.3. The smallest absolute Gasteiger partial charge is 0.287 e. The lowest BCUT2D eigenvalue weighted by atomic mass is 9.87. The number of ketones is 2. The molecule has 9 nitrogen and oxygen atoms in total. The van der Waals surface area contributed by atoms with Crippen LogP contribution in [0.3, 0.4) is 0 Å². The van der Waals surface area contributed by atoms with E-state index < -0.39 is 46.0 Å². The fraction of sp³-hybridized carbons (Fsp3) is 0.385. The Labute approximate surface area is 209 Å². The van der Waals surface area contributed by atoms with Gasteiger partial charge in [0.2, 0.25) is 0 Å². The van der Waals surface area contributed by atoms with Gasteiger partial charge in [0.15, 0.2) is 22.4 Å². The summed E-state index contributed by atoms with van der Waals surface area (Å²) in [5.41, 5.74) is 0.558. The predicted molar refractivity (Wildman–Crippen MR) is 133 cm³/mol. The second-order valence-electron chi connectivity index (χ2n) is 9.37. The van der Waals surface area contributed by atoms with E-state index in [4.69, 9.17) is 4.42 Å². The van der Waals surface area contributed by atoms with Crippen LogP contribution in [0.25, 0.3) is 11.0 Å². The zero-order valence-corrected chi connectivity index (χ0v) is 21.0. The first-order valence-electron chi connectivity index (χ1n) is 11.9. The van der Waals surface area contributed by atoms with Crippen LogP contribution in [0, 0.1) is 11.8 Å². The molecule has 1 N–H and O–H groups in total. The summed E-state index contributed by atoms with van der Waals surface area (Å²) >= 11 is 0. The molecule has 3 heterocycles. The van der Waals surface area contributed by atoms with Gasteiger partial charge in [-0.05, 0) is 49.4 Å². The van der Waals surface area contributed by atoms with Gasteiger partial charge in [-0.2, -0.15) is 4.31 Å². The third-order valence-corrected chi connectivity index (χ3v) is 7.97. The van der Waals surface area contributed by atoms with Crippen LogP contribution in [0.4, 0.5) is 0 Å². The monoisotopic (exact) mass is 511 g/mol. The summed E-state index contributed by atoms with van der Waals surface area (Å²) in [5.74, 6) is -2.28. The topological polar surface area (TPSA) is 127 Å². The highest BCUT2D eigenvalue weighted by atomic mass is 32.2. The maximum atomic E-state index is 13.5. The molecule has 1 aromatic carbocycles. The molecule has 0 bridgehead atoms. The number of pyridine rings is 1. The molecule has 10 heteroatoms. The number of nitrogens with one attached hydrogen (secondary N) is 1. The number of para-hydroxylation sites is 1. The molecule has 0 saturated carbocycles. The number of benzene rings is 1. The zero-order valence-electron chi connectivity index (χ0n) is 20.2.